The maximum Gasteiger partial charge on any atom is 0.210 e. The average Bonchev–Trinajstić information content (AvgIpc) is 3.06. The van der Waals surface area contributed by atoms with Gasteiger partial charge in [-0.1, -0.05) is 44.8 Å². The summed E-state index contributed by atoms with van der Waals surface area (Å²) < 4.78 is 16.1. The van der Waals surface area contributed by atoms with Crippen molar-refractivity contribution in [3.63, 3.8) is 0 Å². The van der Waals surface area contributed by atoms with Gasteiger partial charge in [0.2, 0.25) is 5.13 Å². The SMILES string of the molecule is C=C(/C=C(/O)C(=C)/C=N/c1nc2ccc(OCOC)cc2s1)OC.CCC. The Hall–Kier alpha value is -2.64. The molecule has 1 heterocycles. The fraction of sp³-hybridized carbons (Fsp3) is 0.300. The van der Waals surface area contributed by atoms with Crippen LogP contribution in [0.5, 0.6) is 5.75 Å². The molecule has 0 fully saturated rings. The number of thiazole rings is 1. The van der Waals surface area contributed by atoms with Crippen molar-refractivity contribution in [2.24, 2.45) is 4.99 Å². The number of hydrogen-bond donors (Lipinski definition) is 1. The number of aromatic nitrogens is 1. The first kappa shape index (κ1) is 22.4. The lowest BCUT2D eigenvalue weighted by molar-refractivity contribution is 0.0512. The van der Waals surface area contributed by atoms with E-state index in [1.165, 1.54) is 37.2 Å². The minimum absolute atomic E-state index is 0.0676. The van der Waals surface area contributed by atoms with E-state index in [1.807, 2.05) is 18.2 Å². The number of aliphatic imine (C=N–C) groups is 1. The average molecular weight is 391 g/mol. The zero-order valence-corrected chi connectivity index (χ0v) is 17.0. The number of methoxy groups -OCH3 is 2. The number of allylic oxidation sites excluding steroid dienone is 2. The van der Waals surface area contributed by atoms with Gasteiger partial charge in [-0.05, 0) is 18.2 Å². The van der Waals surface area contributed by atoms with Gasteiger partial charge in [0.25, 0.3) is 0 Å². The van der Waals surface area contributed by atoms with Crippen LogP contribution in [0.2, 0.25) is 0 Å². The van der Waals surface area contributed by atoms with Crippen molar-refractivity contribution in [1.29, 1.82) is 0 Å². The van der Waals surface area contributed by atoms with Crippen LogP contribution < -0.4 is 4.74 Å². The van der Waals surface area contributed by atoms with Gasteiger partial charge in [0.1, 0.15) is 17.3 Å². The maximum atomic E-state index is 9.84. The van der Waals surface area contributed by atoms with Crippen molar-refractivity contribution in [1.82, 2.24) is 4.98 Å². The van der Waals surface area contributed by atoms with E-state index in [4.69, 9.17) is 14.2 Å². The Labute approximate surface area is 164 Å². The Balaban J connectivity index is 0.00000114. The van der Waals surface area contributed by atoms with Crippen LogP contribution in [0, 0.1) is 0 Å². The fourth-order valence-corrected chi connectivity index (χ4v) is 2.51. The van der Waals surface area contributed by atoms with Crippen molar-refractivity contribution in [2.45, 2.75) is 20.3 Å². The molecule has 0 bridgehead atoms. The standard InChI is InChI=1S/C17H18N2O4S.C3H8/c1-11(15(20)7-12(2)22-4)9-18-17-19-14-6-5-13(23-10-21-3)8-16(14)24-17;1-3-2/h5-9,20H,1-2,10H2,3-4H3;3H2,1-2H3/b15-7+,18-9+;. The van der Waals surface area contributed by atoms with Gasteiger partial charge in [0.15, 0.2) is 6.79 Å². The summed E-state index contributed by atoms with van der Waals surface area (Å²) >= 11 is 1.40. The molecule has 146 valence electrons. The van der Waals surface area contributed by atoms with E-state index in [-0.39, 0.29) is 12.6 Å². The number of aliphatic hydroxyl groups excluding tert-OH is 1. The smallest absolute Gasteiger partial charge is 0.210 e. The Morgan fingerprint density at radius 2 is 2.00 bits per heavy atom. The maximum absolute atomic E-state index is 9.84. The van der Waals surface area contributed by atoms with Crippen molar-refractivity contribution in [3.8, 4) is 5.75 Å². The normalized spacial score (nSPS) is 11.2. The fourth-order valence-electron chi connectivity index (χ4n) is 1.67. The minimum atomic E-state index is -0.0676. The highest BCUT2D eigenvalue weighted by molar-refractivity contribution is 7.22. The molecule has 0 radical (unpaired) electrons. The summed E-state index contributed by atoms with van der Waals surface area (Å²) in [6.07, 6.45) is 4.06. The number of hydrogen-bond acceptors (Lipinski definition) is 7. The number of fused-ring (bicyclic) bond motifs is 1. The monoisotopic (exact) mass is 390 g/mol. The molecule has 0 aliphatic rings. The molecular weight excluding hydrogens is 364 g/mol. The predicted molar refractivity (Wildman–Crippen MR) is 112 cm³/mol. The summed E-state index contributed by atoms with van der Waals surface area (Å²) in [7, 11) is 3.03. The lowest BCUT2D eigenvalue weighted by atomic mass is 10.2. The molecule has 0 saturated heterocycles. The van der Waals surface area contributed by atoms with Gasteiger partial charge in [-0.3, -0.25) is 0 Å². The summed E-state index contributed by atoms with van der Waals surface area (Å²) in [5, 5.41) is 10.4. The number of benzene rings is 1. The van der Waals surface area contributed by atoms with E-state index < -0.39 is 0 Å². The Bertz CT molecular complexity index is 824. The van der Waals surface area contributed by atoms with Gasteiger partial charge in [-0.2, -0.15) is 0 Å². The van der Waals surface area contributed by atoms with Crippen LogP contribution >= 0.6 is 11.3 Å². The van der Waals surface area contributed by atoms with Gasteiger partial charge in [-0.15, -0.1) is 0 Å². The van der Waals surface area contributed by atoms with Crippen molar-refractivity contribution < 1.29 is 19.3 Å². The third kappa shape index (κ3) is 7.64. The van der Waals surface area contributed by atoms with Gasteiger partial charge in [0, 0.05) is 25.0 Å². The molecular formula is C20H26N2O4S. The molecule has 27 heavy (non-hydrogen) atoms. The van der Waals surface area contributed by atoms with Crippen molar-refractivity contribution in [3.05, 3.63) is 54.5 Å². The highest BCUT2D eigenvalue weighted by Gasteiger charge is 2.05. The number of aliphatic hydroxyl groups is 1. The molecule has 6 nitrogen and oxygen atoms in total. The molecule has 0 aliphatic carbocycles. The van der Waals surface area contributed by atoms with Crippen molar-refractivity contribution in [2.75, 3.05) is 21.0 Å². The summed E-state index contributed by atoms with van der Waals surface area (Å²) in [6, 6.07) is 5.54. The molecule has 0 aliphatic heterocycles. The quantitative estimate of drug-likeness (QED) is 0.277. The van der Waals surface area contributed by atoms with Gasteiger partial charge >= 0.3 is 0 Å². The minimum Gasteiger partial charge on any atom is -0.507 e. The second kappa shape index (κ2) is 11.9. The van der Waals surface area contributed by atoms with Gasteiger partial charge < -0.3 is 19.3 Å². The van der Waals surface area contributed by atoms with Crippen LogP contribution in [0.25, 0.3) is 10.2 Å². The molecule has 1 N–H and O–H groups in total. The zero-order chi connectivity index (χ0) is 20.2. The van der Waals surface area contributed by atoms with E-state index in [0.717, 1.165) is 10.2 Å². The first-order chi connectivity index (χ1) is 12.9. The molecule has 0 amide bonds. The van der Waals surface area contributed by atoms with E-state index >= 15 is 0 Å². The summed E-state index contributed by atoms with van der Waals surface area (Å²) in [5.41, 5.74) is 1.15. The second-order valence-corrected chi connectivity index (χ2v) is 6.38. The lowest BCUT2D eigenvalue weighted by Gasteiger charge is -2.02. The van der Waals surface area contributed by atoms with Crippen LogP contribution in [0.1, 0.15) is 20.3 Å². The summed E-state index contributed by atoms with van der Waals surface area (Å²) in [6.45, 7) is 11.8. The van der Waals surface area contributed by atoms with Crippen LogP contribution in [-0.4, -0.2) is 37.3 Å². The van der Waals surface area contributed by atoms with Crippen LogP contribution in [0.4, 0.5) is 5.13 Å². The molecule has 1 aromatic carbocycles. The summed E-state index contributed by atoms with van der Waals surface area (Å²) in [4.78, 5) is 8.63. The van der Waals surface area contributed by atoms with Crippen LogP contribution in [0.15, 0.2) is 59.5 Å². The molecule has 1 aromatic heterocycles. The number of rotatable bonds is 8. The highest BCUT2D eigenvalue weighted by atomic mass is 32.1. The third-order valence-electron chi connectivity index (χ3n) is 2.91. The highest BCUT2D eigenvalue weighted by Crippen LogP contribution is 2.30. The lowest BCUT2D eigenvalue weighted by Crippen LogP contribution is -1.98. The first-order valence-electron chi connectivity index (χ1n) is 8.34. The first-order valence-corrected chi connectivity index (χ1v) is 9.15. The molecule has 0 atom stereocenters. The van der Waals surface area contributed by atoms with Gasteiger partial charge in [0.05, 0.1) is 17.3 Å². The van der Waals surface area contributed by atoms with Gasteiger partial charge in [-0.25, -0.2) is 9.98 Å². The molecule has 0 spiro atoms. The number of nitrogens with zero attached hydrogens (tertiary/aromatic N) is 2. The van der Waals surface area contributed by atoms with E-state index in [0.29, 0.717) is 22.2 Å². The van der Waals surface area contributed by atoms with E-state index in [1.54, 1.807) is 7.11 Å². The molecule has 7 heteroatoms. The molecule has 2 rings (SSSR count). The second-order valence-electron chi connectivity index (χ2n) is 5.37. The van der Waals surface area contributed by atoms with E-state index in [9.17, 15) is 5.11 Å². The van der Waals surface area contributed by atoms with Crippen LogP contribution in [-0.2, 0) is 9.47 Å². The third-order valence-corrected chi connectivity index (χ3v) is 3.84. The summed E-state index contributed by atoms with van der Waals surface area (Å²) in [5.74, 6) is 0.958. The predicted octanol–water partition coefficient (Wildman–Crippen LogP) is 5.56. The Kier molecular flexibility index (Phi) is 9.85. The largest absolute Gasteiger partial charge is 0.507 e. The zero-order valence-electron chi connectivity index (χ0n) is 16.2. The molecule has 0 saturated carbocycles. The molecule has 0 unspecified atom stereocenters. The van der Waals surface area contributed by atoms with Crippen LogP contribution in [0.3, 0.4) is 0 Å². The van der Waals surface area contributed by atoms with Crippen molar-refractivity contribution >= 4 is 32.9 Å². The Morgan fingerprint density at radius 3 is 2.63 bits per heavy atom. The molecule has 2 aromatic rings. The Morgan fingerprint density at radius 1 is 1.30 bits per heavy atom. The van der Waals surface area contributed by atoms with E-state index in [2.05, 4.69) is 37.0 Å². The topological polar surface area (TPSA) is 73.2 Å². The number of ether oxygens (including phenoxy) is 3.